The number of ketones is 1. The highest BCUT2D eigenvalue weighted by atomic mass is 35.5. The highest BCUT2D eigenvalue weighted by molar-refractivity contribution is 6.31. The van der Waals surface area contributed by atoms with Crippen molar-refractivity contribution in [1.29, 1.82) is 0 Å². The zero-order valence-corrected chi connectivity index (χ0v) is 15.2. The molecule has 0 aliphatic rings. The lowest BCUT2D eigenvalue weighted by Crippen LogP contribution is -2.25. The van der Waals surface area contributed by atoms with Crippen molar-refractivity contribution in [3.8, 4) is 5.75 Å². The highest BCUT2D eigenvalue weighted by Gasteiger charge is 2.14. The maximum absolute atomic E-state index is 12.2. The number of carbonyl (C=O) groups excluding carboxylic acids is 2. The van der Waals surface area contributed by atoms with Crippen molar-refractivity contribution in [3.05, 3.63) is 28.8 Å². The minimum absolute atomic E-state index is 0.121. The molecule has 0 spiro atoms. The number of hydrogen-bond donors (Lipinski definition) is 1. The molecule has 5 nitrogen and oxygen atoms in total. The Labute approximate surface area is 148 Å². The number of methoxy groups -OCH3 is 1. The predicted molar refractivity (Wildman–Crippen MR) is 94.9 cm³/mol. The second kappa shape index (κ2) is 11.9. The second-order valence-electron chi connectivity index (χ2n) is 5.44. The number of amides is 1. The molecule has 0 heterocycles. The molecule has 1 amide bonds. The minimum Gasteiger partial charge on any atom is -0.496 e. The van der Waals surface area contributed by atoms with E-state index in [-0.39, 0.29) is 24.5 Å². The smallest absolute Gasteiger partial charge is 0.220 e. The molecular weight excluding hydrogens is 330 g/mol. The standard InChI is InChI=1S/C18H26ClNO4/c1-3-4-11-24-12-5-10-20-18(22)9-7-16(21)15-13-14(19)6-8-17(15)23-2/h6,8,13H,3-5,7,9-12H2,1-2H3,(H,20,22). The Bertz CT molecular complexity index is 534. The lowest BCUT2D eigenvalue weighted by molar-refractivity contribution is -0.121. The monoisotopic (exact) mass is 355 g/mol. The first-order valence-electron chi connectivity index (χ1n) is 8.29. The van der Waals surface area contributed by atoms with E-state index in [2.05, 4.69) is 12.2 Å². The molecule has 0 radical (unpaired) electrons. The Kier molecular flexibility index (Phi) is 10.1. The fourth-order valence-electron chi connectivity index (χ4n) is 2.10. The first-order valence-corrected chi connectivity index (χ1v) is 8.67. The maximum atomic E-state index is 12.2. The van der Waals surface area contributed by atoms with Crippen LogP contribution in [0.5, 0.6) is 5.75 Å². The third-order valence-electron chi connectivity index (χ3n) is 3.47. The van der Waals surface area contributed by atoms with Crippen molar-refractivity contribution >= 4 is 23.3 Å². The number of Topliss-reactive ketones (excluding diaryl/α,β-unsaturated/α-hetero) is 1. The molecule has 6 heteroatoms. The van der Waals surface area contributed by atoms with E-state index in [1.807, 2.05) is 0 Å². The van der Waals surface area contributed by atoms with Gasteiger partial charge in [-0.3, -0.25) is 9.59 Å². The number of benzene rings is 1. The zero-order valence-electron chi connectivity index (χ0n) is 14.4. The normalized spacial score (nSPS) is 10.5. The van der Waals surface area contributed by atoms with E-state index in [9.17, 15) is 9.59 Å². The summed E-state index contributed by atoms with van der Waals surface area (Å²) >= 11 is 5.91. The third kappa shape index (κ3) is 7.79. The van der Waals surface area contributed by atoms with Crippen LogP contribution in [0.4, 0.5) is 0 Å². The van der Waals surface area contributed by atoms with Gasteiger partial charge in [-0.05, 0) is 31.0 Å². The number of nitrogens with one attached hydrogen (secondary N) is 1. The Morgan fingerprint density at radius 3 is 2.62 bits per heavy atom. The first-order chi connectivity index (χ1) is 11.6. The fraction of sp³-hybridized carbons (Fsp3) is 0.556. The van der Waals surface area contributed by atoms with Crippen LogP contribution in [0.3, 0.4) is 0 Å². The third-order valence-corrected chi connectivity index (χ3v) is 3.71. The molecule has 24 heavy (non-hydrogen) atoms. The molecule has 0 saturated carbocycles. The fourth-order valence-corrected chi connectivity index (χ4v) is 2.27. The van der Waals surface area contributed by atoms with Gasteiger partial charge < -0.3 is 14.8 Å². The number of rotatable bonds is 12. The summed E-state index contributed by atoms with van der Waals surface area (Å²) in [5, 5.41) is 3.26. The molecule has 1 rings (SSSR count). The van der Waals surface area contributed by atoms with Gasteiger partial charge in [0.25, 0.3) is 0 Å². The van der Waals surface area contributed by atoms with Crippen LogP contribution >= 0.6 is 11.6 Å². The van der Waals surface area contributed by atoms with Crippen molar-refractivity contribution in [1.82, 2.24) is 5.32 Å². The number of unbranched alkanes of at least 4 members (excludes halogenated alkanes) is 1. The Morgan fingerprint density at radius 2 is 1.92 bits per heavy atom. The van der Waals surface area contributed by atoms with Crippen LogP contribution in [0.25, 0.3) is 0 Å². The Morgan fingerprint density at radius 1 is 1.17 bits per heavy atom. The largest absolute Gasteiger partial charge is 0.496 e. The van der Waals surface area contributed by atoms with Gasteiger partial charge in [-0.25, -0.2) is 0 Å². The summed E-state index contributed by atoms with van der Waals surface area (Å²) in [5.41, 5.74) is 0.405. The van der Waals surface area contributed by atoms with Gasteiger partial charge in [-0.1, -0.05) is 24.9 Å². The quantitative estimate of drug-likeness (QED) is 0.459. The molecule has 0 saturated heterocycles. The molecule has 0 unspecified atom stereocenters. The molecule has 0 bridgehead atoms. The topological polar surface area (TPSA) is 64.6 Å². The van der Waals surface area contributed by atoms with Gasteiger partial charge in [0.05, 0.1) is 12.7 Å². The van der Waals surface area contributed by atoms with Crippen molar-refractivity contribution in [2.45, 2.75) is 39.0 Å². The number of hydrogen-bond acceptors (Lipinski definition) is 4. The van der Waals surface area contributed by atoms with E-state index >= 15 is 0 Å². The van der Waals surface area contributed by atoms with E-state index in [4.69, 9.17) is 21.1 Å². The number of halogens is 1. The summed E-state index contributed by atoms with van der Waals surface area (Å²) < 4.78 is 10.6. The van der Waals surface area contributed by atoms with Crippen LogP contribution < -0.4 is 10.1 Å². The molecule has 134 valence electrons. The van der Waals surface area contributed by atoms with Crippen molar-refractivity contribution in [2.24, 2.45) is 0 Å². The maximum Gasteiger partial charge on any atom is 0.220 e. The summed E-state index contributed by atoms with van der Waals surface area (Å²) in [7, 11) is 1.50. The SMILES string of the molecule is CCCCOCCCNC(=O)CCC(=O)c1cc(Cl)ccc1OC. The average Bonchev–Trinajstić information content (AvgIpc) is 2.58. The van der Waals surface area contributed by atoms with E-state index in [1.165, 1.54) is 7.11 Å². The zero-order chi connectivity index (χ0) is 17.8. The first kappa shape index (κ1) is 20.5. The number of carbonyl (C=O) groups is 2. The van der Waals surface area contributed by atoms with Crippen LogP contribution in [-0.4, -0.2) is 38.6 Å². The summed E-state index contributed by atoms with van der Waals surface area (Å²) in [6.07, 6.45) is 3.20. The predicted octanol–water partition coefficient (Wildman–Crippen LogP) is 3.63. The van der Waals surface area contributed by atoms with Gasteiger partial charge in [-0.15, -0.1) is 0 Å². The lowest BCUT2D eigenvalue weighted by Gasteiger charge is -2.08. The molecule has 1 aromatic rings. The van der Waals surface area contributed by atoms with Gasteiger partial charge in [0.1, 0.15) is 5.75 Å². The van der Waals surface area contributed by atoms with Crippen LogP contribution in [0.15, 0.2) is 18.2 Å². The summed E-state index contributed by atoms with van der Waals surface area (Å²) in [4.78, 5) is 24.0. The molecule has 0 aliphatic heterocycles. The Hall–Kier alpha value is -1.59. The second-order valence-corrected chi connectivity index (χ2v) is 5.87. The molecule has 0 atom stereocenters. The molecular formula is C18H26ClNO4. The van der Waals surface area contributed by atoms with Crippen molar-refractivity contribution in [3.63, 3.8) is 0 Å². The summed E-state index contributed by atoms with van der Waals surface area (Å²) in [6, 6.07) is 4.87. The van der Waals surface area contributed by atoms with Crippen LogP contribution in [0.2, 0.25) is 5.02 Å². The summed E-state index contributed by atoms with van der Waals surface area (Å²) in [5.74, 6) is 0.166. The van der Waals surface area contributed by atoms with E-state index < -0.39 is 0 Å². The molecule has 1 aromatic carbocycles. The molecule has 0 fully saturated rings. The van der Waals surface area contributed by atoms with Crippen molar-refractivity contribution in [2.75, 3.05) is 26.9 Å². The molecule has 0 aliphatic carbocycles. The highest BCUT2D eigenvalue weighted by Crippen LogP contribution is 2.24. The lowest BCUT2D eigenvalue weighted by atomic mass is 10.1. The van der Waals surface area contributed by atoms with Gasteiger partial charge in [0, 0.05) is 37.6 Å². The van der Waals surface area contributed by atoms with Crippen LogP contribution in [-0.2, 0) is 9.53 Å². The summed E-state index contributed by atoms with van der Waals surface area (Å²) in [6.45, 7) is 4.07. The molecule has 0 aromatic heterocycles. The van der Waals surface area contributed by atoms with Gasteiger partial charge >= 0.3 is 0 Å². The Balaban J connectivity index is 2.27. The molecule has 1 N–H and O–H groups in total. The van der Waals surface area contributed by atoms with Gasteiger partial charge in [-0.2, -0.15) is 0 Å². The minimum atomic E-state index is -0.160. The van der Waals surface area contributed by atoms with Crippen molar-refractivity contribution < 1.29 is 19.1 Å². The van der Waals surface area contributed by atoms with E-state index in [1.54, 1.807) is 18.2 Å². The van der Waals surface area contributed by atoms with E-state index in [0.717, 1.165) is 25.9 Å². The number of ether oxygens (including phenoxy) is 2. The van der Waals surface area contributed by atoms with Gasteiger partial charge in [0.15, 0.2) is 5.78 Å². The van der Waals surface area contributed by atoms with Crippen LogP contribution in [0.1, 0.15) is 49.4 Å². The van der Waals surface area contributed by atoms with Crippen LogP contribution in [0, 0.1) is 0 Å². The van der Waals surface area contributed by atoms with E-state index in [0.29, 0.717) is 29.5 Å². The average molecular weight is 356 g/mol. The van der Waals surface area contributed by atoms with Gasteiger partial charge in [0.2, 0.25) is 5.91 Å².